The van der Waals surface area contributed by atoms with Gasteiger partial charge in [0.2, 0.25) is 11.8 Å². The van der Waals surface area contributed by atoms with Crippen LogP contribution >= 0.6 is 11.6 Å². The average Bonchev–Trinajstić information content (AvgIpc) is 3.36. The molecule has 0 spiro atoms. The first-order valence-corrected chi connectivity index (χ1v) is 12.5. The molecule has 6 heteroatoms. The highest BCUT2D eigenvalue weighted by molar-refractivity contribution is 6.30. The predicted molar refractivity (Wildman–Crippen MR) is 136 cm³/mol. The third kappa shape index (κ3) is 7.15. The van der Waals surface area contributed by atoms with Gasteiger partial charge in [0, 0.05) is 24.0 Å². The van der Waals surface area contributed by atoms with Crippen molar-refractivity contribution < 1.29 is 14.0 Å². The van der Waals surface area contributed by atoms with Crippen molar-refractivity contribution in [1.82, 2.24) is 10.2 Å². The highest BCUT2D eigenvalue weighted by Crippen LogP contribution is 2.21. The summed E-state index contributed by atoms with van der Waals surface area (Å²) in [6, 6.07) is 22.4. The van der Waals surface area contributed by atoms with E-state index in [0.717, 1.165) is 36.8 Å². The molecular formula is C29H30ClFN2O2. The summed E-state index contributed by atoms with van der Waals surface area (Å²) >= 11 is 6.22. The Bertz CT molecular complexity index is 1130. The van der Waals surface area contributed by atoms with Crippen LogP contribution in [-0.4, -0.2) is 28.8 Å². The fourth-order valence-electron chi connectivity index (χ4n) is 4.63. The lowest BCUT2D eigenvalue weighted by atomic mass is 10.0. The van der Waals surface area contributed by atoms with E-state index in [4.69, 9.17) is 11.6 Å². The van der Waals surface area contributed by atoms with Gasteiger partial charge in [0.05, 0.1) is 6.42 Å². The van der Waals surface area contributed by atoms with Gasteiger partial charge in [0.1, 0.15) is 11.9 Å². The number of hydrogen-bond acceptors (Lipinski definition) is 2. The average molecular weight is 493 g/mol. The first-order chi connectivity index (χ1) is 17.0. The third-order valence-corrected chi connectivity index (χ3v) is 6.72. The Morgan fingerprint density at radius 3 is 2.29 bits per heavy atom. The van der Waals surface area contributed by atoms with Crippen LogP contribution in [0.1, 0.15) is 42.4 Å². The van der Waals surface area contributed by atoms with Crippen molar-refractivity contribution in [3.05, 3.63) is 106 Å². The van der Waals surface area contributed by atoms with Gasteiger partial charge in [-0.1, -0.05) is 79.0 Å². The van der Waals surface area contributed by atoms with Crippen molar-refractivity contribution >= 4 is 23.4 Å². The molecule has 1 saturated carbocycles. The highest BCUT2D eigenvalue weighted by atomic mass is 35.5. The van der Waals surface area contributed by atoms with Gasteiger partial charge in [0.25, 0.3) is 0 Å². The quantitative estimate of drug-likeness (QED) is 0.415. The van der Waals surface area contributed by atoms with E-state index in [0.29, 0.717) is 17.0 Å². The zero-order valence-corrected chi connectivity index (χ0v) is 20.4. The number of nitrogens with zero attached hydrogens (tertiary/aromatic N) is 1. The number of nitrogens with one attached hydrogen (secondary N) is 1. The molecule has 1 aliphatic rings. The van der Waals surface area contributed by atoms with Crippen molar-refractivity contribution in [1.29, 1.82) is 0 Å². The van der Waals surface area contributed by atoms with Crippen molar-refractivity contribution in [2.24, 2.45) is 0 Å². The summed E-state index contributed by atoms with van der Waals surface area (Å²) in [5.74, 6) is -0.691. The molecule has 3 aromatic carbocycles. The van der Waals surface area contributed by atoms with Crippen molar-refractivity contribution in [3.8, 4) is 0 Å². The largest absolute Gasteiger partial charge is 0.352 e. The number of halogens is 2. The van der Waals surface area contributed by atoms with E-state index in [-0.39, 0.29) is 36.6 Å². The Morgan fingerprint density at radius 2 is 1.60 bits per heavy atom. The molecule has 0 aromatic heterocycles. The Morgan fingerprint density at radius 1 is 0.914 bits per heavy atom. The van der Waals surface area contributed by atoms with E-state index in [1.165, 1.54) is 12.1 Å². The minimum atomic E-state index is -0.690. The van der Waals surface area contributed by atoms with E-state index in [9.17, 15) is 14.0 Å². The monoisotopic (exact) mass is 492 g/mol. The molecule has 3 aromatic rings. The fourth-order valence-corrected chi connectivity index (χ4v) is 4.84. The number of rotatable bonds is 9. The second kappa shape index (κ2) is 12.0. The fraction of sp³-hybridized carbons (Fsp3) is 0.310. The van der Waals surface area contributed by atoms with E-state index in [1.54, 1.807) is 23.1 Å². The van der Waals surface area contributed by atoms with Gasteiger partial charge in [-0.3, -0.25) is 9.59 Å². The van der Waals surface area contributed by atoms with Gasteiger partial charge in [-0.2, -0.15) is 0 Å². The van der Waals surface area contributed by atoms with Gasteiger partial charge in [-0.25, -0.2) is 4.39 Å². The lowest BCUT2D eigenvalue weighted by molar-refractivity contribution is -0.141. The molecule has 1 fully saturated rings. The Labute approximate surface area is 211 Å². The summed E-state index contributed by atoms with van der Waals surface area (Å²) in [5.41, 5.74) is 2.52. The van der Waals surface area contributed by atoms with Crippen molar-refractivity contribution in [2.45, 2.75) is 57.2 Å². The molecule has 1 aliphatic carbocycles. The minimum absolute atomic E-state index is 0.0723. The molecule has 0 aliphatic heterocycles. The maximum Gasteiger partial charge on any atom is 0.243 e. The molecule has 0 radical (unpaired) electrons. The Balaban J connectivity index is 1.65. The van der Waals surface area contributed by atoms with Crippen LogP contribution in [0.2, 0.25) is 5.02 Å². The molecule has 35 heavy (non-hydrogen) atoms. The van der Waals surface area contributed by atoms with E-state index < -0.39 is 6.04 Å². The van der Waals surface area contributed by atoms with Gasteiger partial charge < -0.3 is 10.2 Å². The second-order valence-corrected chi connectivity index (χ2v) is 9.59. The SMILES string of the molecule is O=C(NC1CCCC1)[C@H](Cc1ccccc1)N(Cc1cccc(Cl)c1)C(=O)Cc1ccc(F)cc1. The lowest BCUT2D eigenvalue weighted by Gasteiger charge is -2.32. The van der Waals surface area contributed by atoms with Gasteiger partial charge in [-0.05, 0) is 53.8 Å². The zero-order valence-electron chi connectivity index (χ0n) is 19.6. The molecular weight excluding hydrogens is 463 g/mol. The van der Waals surface area contributed by atoms with Gasteiger partial charge in [-0.15, -0.1) is 0 Å². The van der Waals surface area contributed by atoms with Crippen LogP contribution in [0.4, 0.5) is 4.39 Å². The lowest BCUT2D eigenvalue weighted by Crippen LogP contribution is -2.52. The standard InChI is InChI=1S/C29H30ClFN2O2/c30-24-10-6-9-23(17-24)20-33(28(34)19-22-13-15-25(31)16-14-22)27(18-21-7-2-1-3-8-21)29(35)32-26-11-4-5-12-26/h1-3,6-10,13-17,26-27H,4-5,11-12,18-20H2,(H,32,35)/t27-/m0/s1. The van der Waals surface area contributed by atoms with Gasteiger partial charge >= 0.3 is 0 Å². The van der Waals surface area contributed by atoms with Crippen molar-refractivity contribution in [3.63, 3.8) is 0 Å². The Kier molecular flexibility index (Phi) is 8.54. The van der Waals surface area contributed by atoms with Crippen molar-refractivity contribution in [2.75, 3.05) is 0 Å². The van der Waals surface area contributed by atoms with Crippen LogP contribution in [-0.2, 0) is 29.0 Å². The summed E-state index contributed by atoms with van der Waals surface area (Å²) in [6.07, 6.45) is 4.59. The van der Waals surface area contributed by atoms with Crippen LogP contribution in [0.3, 0.4) is 0 Å². The molecule has 1 N–H and O–H groups in total. The molecule has 0 saturated heterocycles. The minimum Gasteiger partial charge on any atom is -0.352 e. The number of carbonyl (C=O) groups is 2. The molecule has 182 valence electrons. The van der Waals surface area contributed by atoms with E-state index in [1.807, 2.05) is 48.5 Å². The molecule has 1 atom stereocenters. The Hall–Kier alpha value is -3.18. The number of carbonyl (C=O) groups excluding carboxylic acids is 2. The zero-order chi connectivity index (χ0) is 24.6. The first-order valence-electron chi connectivity index (χ1n) is 12.1. The summed E-state index contributed by atoms with van der Waals surface area (Å²) in [4.78, 5) is 28.9. The number of hydrogen-bond donors (Lipinski definition) is 1. The molecule has 0 heterocycles. The van der Waals surface area contributed by atoms with Crippen LogP contribution in [0.5, 0.6) is 0 Å². The van der Waals surface area contributed by atoms with E-state index >= 15 is 0 Å². The third-order valence-electron chi connectivity index (χ3n) is 6.48. The summed E-state index contributed by atoms with van der Waals surface area (Å²) < 4.78 is 13.4. The second-order valence-electron chi connectivity index (χ2n) is 9.15. The highest BCUT2D eigenvalue weighted by Gasteiger charge is 2.32. The maximum atomic E-state index is 13.7. The number of benzene rings is 3. The van der Waals surface area contributed by atoms with E-state index in [2.05, 4.69) is 5.32 Å². The molecule has 0 unspecified atom stereocenters. The topological polar surface area (TPSA) is 49.4 Å². The summed E-state index contributed by atoms with van der Waals surface area (Å²) in [6.45, 7) is 0.246. The molecule has 4 rings (SSSR count). The molecule has 2 amide bonds. The smallest absolute Gasteiger partial charge is 0.243 e. The van der Waals surface area contributed by atoms with Crippen LogP contribution in [0.25, 0.3) is 0 Å². The normalized spacial score (nSPS) is 14.5. The van der Waals surface area contributed by atoms with Gasteiger partial charge in [0.15, 0.2) is 0 Å². The van der Waals surface area contributed by atoms with Crippen LogP contribution in [0, 0.1) is 5.82 Å². The predicted octanol–water partition coefficient (Wildman–Crippen LogP) is 5.72. The van der Waals surface area contributed by atoms with Crippen LogP contribution in [0.15, 0.2) is 78.9 Å². The first kappa shape index (κ1) is 24.9. The number of amides is 2. The van der Waals surface area contributed by atoms with Crippen LogP contribution < -0.4 is 5.32 Å². The summed E-state index contributed by atoms with van der Waals surface area (Å²) in [5, 5.41) is 3.77. The molecule has 4 nitrogen and oxygen atoms in total. The maximum absolute atomic E-state index is 13.7. The molecule has 0 bridgehead atoms. The summed E-state index contributed by atoms with van der Waals surface area (Å²) in [7, 11) is 0.